The lowest BCUT2D eigenvalue weighted by Crippen LogP contribution is -2.30. The lowest BCUT2D eigenvalue weighted by atomic mass is 9.96. The topological polar surface area (TPSA) is 81.4 Å². The van der Waals surface area contributed by atoms with Crippen molar-refractivity contribution in [3.05, 3.63) is 34.8 Å². The molecule has 0 aromatic carbocycles. The van der Waals surface area contributed by atoms with Crippen molar-refractivity contribution in [3.8, 4) is 5.88 Å². The minimum absolute atomic E-state index is 0.00187. The first kappa shape index (κ1) is 16.7. The van der Waals surface area contributed by atoms with E-state index in [0.717, 1.165) is 55.7 Å². The third kappa shape index (κ3) is 3.42. The highest BCUT2D eigenvalue weighted by atomic mass is 16.5. The largest absolute Gasteiger partial charge is 0.476 e. The van der Waals surface area contributed by atoms with Gasteiger partial charge in [0, 0.05) is 43.0 Å². The fraction of sp³-hybridized carbons (Fsp3) is 0.600. The molecule has 1 amide bonds. The van der Waals surface area contributed by atoms with Crippen molar-refractivity contribution in [2.24, 2.45) is 5.92 Å². The Morgan fingerprint density at radius 1 is 1.19 bits per heavy atom. The molecule has 7 nitrogen and oxygen atoms in total. The Labute approximate surface area is 158 Å². The molecule has 1 atom stereocenters. The highest BCUT2D eigenvalue weighted by Crippen LogP contribution is 2.38. The number of ether oxygens (including phenoxy) is 1. The average molecular weight is 368 g/mol. The number of hydrogen-bond donors (Lipinski definition) is 0. The number of rotatable bonds is 5. The first-order valence-corrected chi connectivity index (χ1v) is 10.0. The van der Waals surface area contributed by atoms with Crippen LogP contribution in [-0.2, 0) is 12.8 Å². The molecule has 7 heteroatoms. The molecule has 0 N–H and O–H groups in total. The van der Waals surface area contributed by atoms with E-state index in [2.05, 4.69) is 15.4 Å². The highest BCUT2D eigenvalue weighted by molar-refractivity contribution is 5.94. The maximum absolute atomic E-state index is 12.8. The maximum Gasteiger partial charge on any atom is 0.276 e. The maximum atomic E-state index is 12.8. The molecular formula is C20H24N4O3. The minimum atomic E-state index is -0.00187. The fourth-order valence-electron chi connectivity index (χ4n) is 4.06. The minimum Gasteiger partial charge on any atom is -0.476 e. The molecule has 1 saturated carbocycles. The number of fused-ring (bicyclic) bond motifs is 1. The number of aryl methyl sites for hydroxylation is 1. The van der Waals surface area contributed by atoms with Crippen LogP contribution in [0.25, 0.3) is 0 Å². The molecule has 0 spiro atoms. The van der Waals surface area contributed by atoms with Crippen LogP contribution in [0.15, 0.2) is 16.7 Å². The van der Waals surface area contributed by atoms with Gasteiger partial charge in [0.2, 0.25) is 5.88 Å². The second kappa shape index (κ2) is 6.94. The molecule has 3 aliphatic rings. The van der Waals surface area contributed by atoms with Crippen LogP contribution in [0.4, 0.5) is 0 Å². The molecule has 0 radical (unpaired) electrons. The van der Waals surface area contributed by atoms with Gasteiger partial charge >= 0.3 is 0 Å². The van der Waals surface area contributed by atoms with Crippen molar-refractivity contribution in [1.29, 1.82) is 0 Å². The van der Waals surface area contributed by atoms with E-state index in [0.29, 0.717) is 36.6 Å². The van der Waals surface area contributed by atoms with Gasteiger partial charge in [-0.25, -0.2) is 0 Å². The first-order valence-electron chi connectivity index (χ1n) is 10.0. The van der Waals surface area contributed by atoms with Crippen LogP contribution in [0.2, 0.25) is 0 Å². The highest BCUT2D eigenvalue weighted by Gasteiger charge is 2.32. The predicted molar refractivity (Wildman–Crippen MR) is 96.7 cm³/mol. The van der Waals surface area contributed by atoms with E-state index in [4.69, 9.17) is 9.26 Å². The summed E-state index contributed by atoms with van der Waals surface area (Å²) < 4.78 is 11.2. The van der Waals surface area contributed by atoms with E-state index in [-0.39, 0.29) is 5.91 Å². The summed E-state index contributed by atoms with van der Waals surface area (Å²) in [7, 11) is 0. The van der Waals surface area contributed by atoms with E-state index in [1.54, 1.807) is 0 Å². The van der Waals surface area contributed by atoms with Crippen LogP contribution in [0, 0.1) is 5.92 Å². The summed E-state index contributed by atoms with van der Waals surface area (Å²) in [5.41, 5.74) is 2.61. The number of aromatic nitrogens is 3. The van der Waals surface area contributed by atoms with Gasteiger partial charge in [0.05, 0.1) is 12.3 Å². The molecule has 142 valence electrons. The quantitative estimate of drug-likeness (QED) is 0.807. The lowest BCUT2D eigenvalue weighted by Gasteiger charge is -2.17. The monoisotopic (exact) mass is 368 g/mol. The van der Waals surface area contributed by atoms with Crippen LogP contribution in [0.3, 0.4) is 0 Å². The van der Waals surface area contributed by atoms with E-state index < -0.39 is 0 Å². The van der Waals surface area contributed by atoms with Crippen molar-refractivity contribution < 1.29 is 14.1 Å². The SMILES string of the molecule is O=C(c1noc2c1CCCC2)N1CCC(COc2ccc(C3CC3)nn2)C1. The van der Waals surface area contributed by atoms with Crippen molar-refractivity contribution >= 4 is 5.91 Å². The summed E-state index contributed by atoms with van der Waals surface area (Å²) in [5, 5.41) is 12.5. The number of hydrogen-bond acceptors (Lipinski definition) is 6. The van der Waals surface area contributed by atoms with Gasteiger partial charge in [0.25, 0.3) is 5.91 Å². The van der Waals surface area contributed by atoms with Gasteiger partial charge in [-0.1, -0.05) is 5.16 Å². The van der Waals surface area contributed by atoms with Crippen molar-refractivity contribution in [2.45, 2.75) is 50.9 Å². The molecular weight excluding hydrogens is 344 g/mol. The van der Waals surface area contributed by atoms with Crippen LogP contribution in [0.5, 0.6) is 5.88 Å². The Bertz CT molecular complexity index is 828. The molecule has 1 aliphatic heterocycles. The zero-order valence-corrected chi connectivity index (χ0v) is 15.4. The van der Waals surface area contributed by atoms with E-state index in [1.807, 2.05) is 17.0 Å². The summed E-state index contributed by atoms with van der Waals surface area (Å²) in [6, 6.07) is 3.92. The fourth-order valence-corrected chi connectivity index (χ4v) is 4.06. The van der Waals surface area contributed by atoms with Crippen LogP contribution >= 0.6 is 0 Å². The summed E-state index contributed by atoms with van der Waals surface area (Å²) in [4.78, 5) is 14.7. The molecule has 5 rings (SSSR count). The van der Waals surface area contributed by atoms with Crippen LogP contribution in [-0.4, -0.2) is 45.9 Å². The third-order valence-corrected chi connectivity index (χ3v) is 5.85. The zero-order chi connectivity index (χ0) is 18.2. The summed E-state index contributed by atoms with van der Waals surface area (Å²) in [6.45, 7) is 1.98. The average Bonchev–Trinajstić information content (AvgIpc) is 3.29. The van der Waals surface area contributed by atoms with Gasteiger partial charge in [0.15, 0.2) is 5.69 Å². The number of amides is 1. The van der Waals surface area contributed by atoms with Crippen LogP contribution < -0.4 is 4.74 Å². The first-order chi connectivity index (χ1) is 13.3. The van der Waals surface area contributed by atoms with Gasteiger partial charge in [-0.05, 0) is 44.6 Å². The summed E-state index contributed by atoms with van der Waals surface area (Å²) >= 11 is 0. The summed E-state index contributed by atoms with van der Waals surface area (Å²) in [5.74, 6) is 2.37. The molecule has 2 aliphatic carbocycles. The lowest BCUT2D eigenvalue weighted by molar-refractivity contribution is 0.0771. The van der Waals surface area contributed by atoms with E-state index in [9.17, 15) is 4.79 Å². The number of nitrogens with zero attached hydrogens (tertiary/aromatic N) is 4. The molecule has 2 aromatic rings. The molecule has 2 aromatic heterocycles. The van der Waals surface area contributed by atoms with Crippen LogP contribution in [0.1, 0.15) is 65.5 Å². The van der Waals surface area contributed by atoms with Gasteiger partial charge in [-0.15, -0.1) is 5.10 Å². The van der Waals surface area contributed by atoms with Crippen molar-refractivity contribution in [3.63, 3.8) is 0 Å². The van der Waals surface area contributed by atoms with E-state index >= 15 is 0 Å². The van der Waals surface area contributed by atoms with Crippen molar-refractivity contribution in [1.82, 2.24) is 20.3 Å². The Kier molecular flexibility index (Phi) is 4.30. The number of likely N-dealkylation sites (tertiary alicyclic amines) is 1. The molecule has 1 unspecified atom stereocenters. The van der Waals surface area contributed by atoms with E-state index in [1.165, 1.54) is 12.8 Å². The molecule has 3 heterocycles. The van der Waals surface area contributed by atoms with Gasteiger partial charge in [-0.2, -0.15) is 5.10 Å². The normalized spacial score (nSPS) is 21.9. The second-order valence-corrected chi connectivity index (χ2v) is 7.93. The Morgan fingerprint density at radius 2 is 2.07 bits per heavy atom. The molecule has 0 bridgehead atoms. The number of carbonyl (C=O) groups is 1. The second-order valence-electron chi connectivity index (χ2n) is 7.93. The Morgan fingerprint density at radius 3 is 2.89 bits per heavy atom. The van der Waals surface area contributed by atoms with Crippen molar-refractivity contribution in [2.75, 3.05) is 19.7 Å². The predicted octanol–water partition coefficient (Wildman–Crippen LogP) is 2.76. The Balaban J connectivity index is 1.16. The molecule has 2 fully saturated rings. The smallest absolute Gasteiger partial charge is 0.276 e. The standard InChI is InChI=1S/C20H24N4O3/c25-20(19-15-3-1-2-4-17(15)27-23-19)24-10-9-13(11-24)12-26-18-8-7-16(21-22-18)14-5-6-14/h7-8,13-14H,1-6,9-12H2. The number of carbonyl (C=O) groups excluding carboxylic acids is 1. The third-order valence-electron chi connectivity index (χ3n) is 5.85. The van der Waals surface area contributed by atoms with Gasteiger partial charge in [-0.3, -0.25) is 4.79 Å². The zero-order valence-electron chi connectivity index (χ0n) is 15.4. The Hall–Kier alpha value is -2.44. The molecule has 1 saturated heterocycles. The van der Waals surface area contributed by atoms with Gasteiger partial charge < -0.3 is 14.2 Å². The molecule has 27 heavy (non-hydrogen) atoms. The van der Waals surface area contributed by atoms with Gasteiger partial charge in [0.1, 0.15) is 5.76 Å². The summed E-state index contributed by atoms with van der Waals surface area (Å²) in [6.07, 6.45) is 7.38.